The summed E-state index contributed by atoms with van der Waals surface area (Å²) in [6.45, 7) is 5.74. The normalized spacial score (nSPS) is 12.5. The van der Waals surface area contributed by atoms with Crippen LogP contribution in [0.25, 0.3) is 0 Å². The fourth-order valence-corrected chi connectivity index (χ4v) is 1.84. The van der Waals surface area contributed by atoms with E-state index < -0.39 is 0 Å². The molecular formula is C14H23NO2. The van der Waals surface area contributed by atoms with Crippen molar-refractivity contribution in [2.45, 2.75) is 32.8 Å². The molecule has 2 N–H and O–H groups in total. The average Bonchev–Trinajstić information content (AvgIpc) is 2.29. The van der Waals surface area contributed by atoms with E-state index in [1.165, 1.54) is 5.56 Å². The topological polar surface area (TPSA) is 41.5 Å². The van der Waals surface area contributed by atoms with Crippen LogP contribution in [-0.2, 0) is 6.42 Å². The summed E-state index contributed by atoms with van der Waals surface area (Å²) in [6.07, 6.45) is 1.35. The summed E-state index contributed by atoms with van der Waals surface area (Å²) < 4.78 is 5.30. The Kier molecular flexibility index (Phi) is 6.01. The van der Waals surface area contributed by atoms with E-state index >= 15 is 0 Å². The van der Waals surface area contributed by atoms with Crippen LogP contribution in [0.4, 0.5) is 0 Å². The van der Waals surface area contributed by atoms with Crippen LogP contribution in [0, 0.1) is 6.92 Å². The minimum Gasteiger partial charge on any atom is -0.496 e. The van der Waals surface area contributed by atoms with Crippen LogP contribution < -0.4 is 10.1 Å². The maximum atomic E-state index is 9.92. The van der Waals surface area contributed by atoms with Gasteiger partial charge in [0.15, 0.2) is 0 Å². The first kappa shape index (κ1) is 14.0. The maximum Gasteiger partial charge on any atom is 0.122 e. The van der Waals surface area contributed by atoms with Crippen molar-refractivity contribution in [3.05, 3.63) is 29.3 Å². The van der Waals surface area contributed by atoms with Crippen molar-refractivity contribution in [2.75, 3.05) is 20.2 Å². The van der Waals surface area contributed by atoms with Crippen molar-refractivity contribution in [3.63, 3.8) is 0 Å². The molecule has 1 aromatic rings. The number of hydrogen-bond donors (Lipinski definition) is 2. The molecule has 0 saturated heterocycles. The smallest absolute Gasteiger partial charge is 0.122 e. The number of methoxy groups -OCH3 is 1. The van der Waals surface area contributed by atoms with Crippen LogP contribution in [-0.4, -0.2) is 31.4 Å². The molecule has 0 aliphatic rings. The van der Waals surface area contributed by atoms with Gasteiger partial charge in [0.25, 0.3) is 0 Å². The molecule has 0 bridgehead atoms. The summed E-state index contributed by atoms with van der Waals surface area (Å²) in [5, 5.41) is 13.1. The monoisotopic (exact) mass is 237 g/mol. The lowest BCUT2D eigenvalue weighted by Crippen LogP contribution is -2.29. The molecule has 0 amide bonds. The van der Waals surface area contributed by atoms with E-state index in [1.807, 2.05) is 19.1 Å². The Morgan fingerprint density at radius 2 is 2.18 bits per heavy atom. The van der Waals surface area contributed by atoms with Crippen molar-refractivity contribution in [1.82, 2.24) is 5.32 Å². The number of rotatable bonds is 7. The van der Waals surface area contributed by atoms with Crippen LogP contribution >= 0.6 is 0 Å². The SMILES string of the molecule is CCCNCC(O)Cc1cc(C)ccc1OC. The molecule has 0 aliphatic carbocycles. The molecule has 0 radical (unpaired) electrons. The molecule has 0 heterocycles. The minimum absolute atomic E-state index is 0.364. The van der Waals surface area contributed by atoms with Gasteiger partial charge in [-0.3, -0.25) is 0 Å². The van der Waals surface area contributed by atoms with Gasteiger partial charge in [0.1, 0.15) is 5.75 Å². The Balaban J connectivity index is 2.57. The third-order valence-electron chi connectivity index (χ3n) is 2.70. The summed E-state index contributed by atoms with van der Waals surface area (Å²) >= 11 is 0. The second kappa shape index (κ2) is 7.30. The second-order valence-corrected chi connectivity index (χ2v) is 4.38. The predicted octanol–water partition coefficient (Wildman–Crippen LogP) is 1.91. The molecule has 1 atom stereocenters. The highest BCUT2D eigenvalue weighted by Gasteiger charge is 2.09. The van der Waals surface area contributed by atoms with Crippen LogP contribution in [0.15, 0.2) is 18.2 Å². The number of hydrogen-bond acceptors (Lipinski definition) is 3. The van der Waals surface area contributed by atoms with Crippen molar-refractivity contribution in [3.8, 4) is 5.75 Å². The van der Waals surface area contributed by atoms with E-state index in [2.05, 4.69) is 18.3 Å². The molecule has 0 saturated carbocycles. The molecule has 3 nitrogen and oxygen atoms in total. The van der Waals surface area contributed by atoms with Gasteiger partial charge in [-0.2, -0.15) is 0 Å². The lowest BCUT2D eigenvalue weighted by atomic mass is 10.0. The van der Waals surface area contributed by atoms with Gasteiger partial charge in [-0.05, 0) is 31.5 Å². The zero-order valence-electron chi connectivity index (χ0n) is 11.0. The van der Waals surface area contributed by atoms with Gasteiger partial charge in [-0.25, -0.2) is 0 Å². The van der Waals surface area contributed by atoms with Crippen molar-refractivity contribution in [2.24, 2.45) is 0 Å². The fourth-order valence-electron chi connectivity index (χ4n) is 1.84. The third-order valence-corrected chi connectivity index (χ3v) is 2.70. The predicted molar refractivity (Wildman–Crippen MR) is 70.6 cm³/mol. The molecule has 0 fully saturated rings. The minimum atomic E-state index is -0.364. The number of benzene rings is 1. The molecule has 96 valence electrons. The molecule has 0 aromatic heterocycles. The summed E-state index contributed by atoms with van der Waals surface area (Å²) in [6, 6.07) is 6.04. The highest BCUT2D eigenvalue weighted by atomic mass is 16.5. The zero-order chi connectivity index (χ0) is 12.7. The first-order valence-electron chi connectivity index (χ1n) is 6.19. The lowest BCUT2D eigenvalue weighted by Gasteiger charge is -2.14. The second-order valence-electron chi connectivity index (χ2n) is 4.38. The van der Waals surface area contributed by atoms with E-state index in [1.54, 1.807) is 7.11 Å². The highest BCUT2D eigenvalue weighted by Crippen LogP contribution is 2.20. The third kappa shape index (κ3) is 4.75. The molecule has 0 aliphatic heterocycles. The van der Waals surface area contributed by atoms with E-state index in [4.69, 9.17) is 4.74 Å². The standard InChI is InChI=1S/C14H23NO2/c1-4-7-15-10-13(16)9-12-8-11(2)5-6-14(12)17-3/h5-6,8,13,15-16H,4,7,9-10H2,1-3H3. The van der Waals surface area contributed by atoms with Crippen molar-refractivity contribution in [1.29, 1.82) is 0 Å². The van der Waals surface area contributed by atoms with Gasteiger partial charge >= 0.3 is 0 Å². The van der Waals surface area contributed by atoms with Gasteiger partial charge in [0, 0.05) is 13.0 Å². The van der Waals surface area contributed by atoms with Gasteiger partial charge in [0.2, 0.25) is 0 Å². The molecule has 1 aromatic carbocycles. The number of aryl methyl sites for hydroxylation is 1. The first-order valence-corrected chi connectivity index (χ1v) is 6.19. The molecule has 0 spiro atoms. The van der Waals surface area contributed by atoms with Crippen LogP contribution in [0.1, 0.15) is 24.5 Å². The Morgan fingerprint density at radius 3 is 2.82 bits per heavy atom. The number of aliphatic hydroxyl groups is 1. The zero-order valence-corrected chi connectivity index (χ0v) is 11.0. The fraction of sp³-hybridized carbons (Fsp3) is 0.571. The van der Waals surface area contributed by atoms with Crippen LogP contribution in [0.2, 0.25) is 0 Å². The van der Waals surface area contributed by atoms with Crippen LogP contribution in [0.3, 0.4) is 0 Å². The van der Waals surface area contributed by atoms with E-state index in [0.29, 0.717) is 13.0 Å². The average molecular weight is 237 g/mol. The Morgan fingerprint density at radius 1 is 1.41 bits per heavy atom. The molecule has 3 heteroatoms. The Bertz CT molecular complexity index is 339. The summed E-state index contributed by atoms with van der Waals surface area (Å²) in [5.74, 6) is 0.852. The van der Waals surface area contributed by atoms with Crippen molar-refractivity contribution < 1.29 is 9.84 Å². The van der Waals surface area contributed by atoms with Gasteiger partial charge in [0.05, 0.1) is 13.2 Å². The number of aliphatic hydroxyl groups excluding tert-OH is 1. The quantitative estimate of drug-likeness (QED) is 0.712. The number of ether oxygens (including phenoxy) is 1. The van der Waals surface area contributed by atoms with Gasteiger partial charge < -0.3 is 15.2 Å². The first-order chi connectivity index (χ1) is 8.17. The highest BCUT2D eigenvalue weighted by molar-refractivity contribution is 5.37. The van der Waals surface area contributed by atoms with Gasteiger partial charge in [-0.15, -0.1) is 0 Å². The van der Waals surface area contributed by atoms with E-state index in [0.717, 1.165) is 24.3 Å². The molecule has 1 rings (SSSR count). The van der Waals surface area contributed by atoms with E-state index in [-0.39, 0.29) is 6.10 Å². The maximum absolute atomic E-state index is 9.92. The lowest BCUT2D eigenvalue weighted by molar-refractivity contribution is 0.171. The summed E-state index contributed by atoms with van der Waals surface area (Å²) in [5.41, 5.74) is 2.26. The molecule has 1 unspecified atom stereocenters. The Labute approximate surface area is 104 Å². The Hall–Kier alpha value is -1.06. The number of nitrogens with one attached hydrogen (secondary N) is 1. The van der Waals surface area contributed by atoms with Crippen LogP contribution in [0.5, 0.6) is 5.75 Å². The summed E-state index contributed by atoms with van der Waals surface area (Å²) in [7, 11) is 1.66. The molecule has 17 heavy (non-hydrogen) atoms. The van der Waals surface area contributed by atoms with Crippen molar-refractivity contribution >= 4 is 0 Å². The molecular weight excluding hydrogens is 214 g/mol. The van der Waals surface area contributed by atoms with Gasteiger partial charge in [-0.1, -0.05) is 24.6 Å². The largest absolute Gasteiger partial charge is 0.496 e. The van der Waals surface area contributed by atoms with E-state index in [9.17, 15) is 5.11 Å². The summed E-state index contributed by atoms with van der Waals surface area (Å²) in [4.78, 5) is 0.